The summed E-state index contributed by atoms with van der Waals surface area (Å²) in [4.78, 5) is 52.9. The topological polar surface area (TPSA) is 80.8 Å². The number of anilines is 1. The lowest BCUT2D eigenvalue weighted by Crippen LogP contribution is -2.33. The number of ketones is 1. The third-order valence-corrected chi connectivity index (χ3v) is 8.36. The van der Waals surface area contributed by atoms with Crippen LogP contribution in [0, 0.1) is 23.7 Å². The summed E-state index contributed by atoms with van der Waals surface area (Å²) in [5.74, 6) is -1.15. The molecule has 37 heavy (non-hydrogen) atoms. The van der Waals surface area contributed by atoms with E-state index in [1.54, 1.807) is 36.4 Å². The fraction of sp³-hybridized carbons (Fsp3) is 0.267. The number of ether oxygens (including phenoxy) is 1. The van der Waals surface area contributed by atoms with E-state index in [-0.39, 0.29) is 46.8 Å². The molecule has 0 unspecified atom stereocenters. The van der Waals surface area contributed by atoms with Crippen molar-refractivity contribution in [2.45, 2.75) is 18.8 Å². The Kier molecular flexibility index (Phi) is 5.92. The van der Waals surface area contributed by atoms with Crippen LogP contribution in [0.1, 0.15) is 45.0 Å². The van der Waals surface area contributed by atoms with Crippen LogP contribution >= 0.6 is 11.6 Å². The molecule has 1 heterocycles. The maximum atomic E-state index is 13.5. The summed E-state index contributed by atoms with van der Waals surface area (Å²) >= 11 is 5.84. The standard InChI is InChI=1S/C30H24ClNO5/c31-21-10-6-18(7-11-21)25(33)16-37-30(36)19-8-12-22(13-9-19)32-28(34)26-20-14-23(17-4-2-1-3-5-17)24(15-20)27(26)29(32)35/h1-13,20,23-24,26-27H,14-16H2/t20-,23+,24+,26+,27-/m0/s1. The summed E-state index contributed by atoms with van der Waals surface area (Å²) in [5.41, 5.74) is 2.32. The second-order valence-corrected chi connectivity index (χ2v) is 10.5. The van der Waals surface area contributed by atoms with Gasteiger partial charge in [0.25, 0.3) is 0 Å². The first-order chi connectivity index (χ1) is 17.9. The Bertz CT molecular complexity index is 1390. The van der Waals surface area contributed by atoms with Gasteiger partial charge in [0.1, 0.15) is 0 Å². The quantitative estimate of drug-likeness (QED) is 0.253. The predicted octanol–water partition coefficient (Wildman–Crippen LogP) is 5.31. The van der Waals surface area contributed by atoms with E-state index in [1.807, 2.05) is 18.2 Å². The second-order valence-electron chi connectivity index (χ2n) is 10.0. The number of fused-ring (bicyclic) bond motifs is 5. The van der Waals surface area contributed by atoms with Crippen molar-refractivity contribution in [3.8, 4) is 0 Å². The highest BCUT2D eigenvalue weighted by molar-refractivity contribution is 6.30. The molecule has 0 N–H and O–H groups in total. The van der Waals surface area contributed by atoms with Gasteiger partial charge in [-0.1, -0.05) is 41.9 Å². The first-order valence-electron chi connectivity index (χ1n) is 12.4. The number of esters is 1. The van der Waals surface area contributed by atoms with Crippen LogP contribution in [0.5, 0.6) is 0 Å². The van der Waals surface area contributed by atoms with Gasteiger partial charge in [-0.05, 0) is 84.7 Å². The Balaban J connectivity index is 1.13. The average Bonchev–Trinajstić information content (AvgIpc) is 3.59. The normalized spacial score (nSPS) is 25.9. The molecule has 6 rings (SSSR count). The van der Waals surface area contributed by atoms with Crippen LogP contribution in [0.4, 0.5) is 5.69 Å². The van der Waals surface area contributed by atoms with Crippen molar-refractivity contribution in [3.05, 3.63) is 101 Å². The fourth-order valence-corrected chi connectivity index (χ4v) is 6.60. The number of halogens is 1. The van der Waals surface area contributed by atoms with E-state index in [0.29, 0.717) is 22.2 Å². The molecular formula is C30H24ClNO5. The number of rotatable bonds is 6. The minimum absolute atomic E-state index is 0.141. The molecule has 1 saturated heterocycles. The van der Waals surface area contributed by atoms with E-state index in [4.69, 9.17) is 16.3 Å². The van der Waals surface area contributed by atoms with E-state index in [1.165, 1.54) is 22.6 Å². The number of nitrogens with zero attached hydrogens (tertiary/aromatic N) is 1. The van der Waals surface area contributed by atoms with Crippen molar-refractivity contribution in [3.63, 3.8) is 0 Å². The van der Waals surface area contributed by atoms with Gasteiger partial charge in [0, 0.05) is 10.6 Å². The zero-order valence-corrected chi connectivity index (χ0v) is 20.6. The molecule has 3 fully saturated rings. The van der Waals surface area contributed by atoms with Crippen molar-refractivity contribution in [1.29, 1.82) is 0 Å². The van der Waals surface area contributed by atoms with Gasteiger partial charge in [-0.25, -0.2) is 4.79 Å². The van der Waals surface area contributed by atoms with Crippen molar-refractivity contribution >= 4 is 40.9 Å². The molecule has 3 aromatic rings. The Hall–Kier alpha value is -3.77. The van der Waals surface area contributed by atoms with Gasteiger partial charge in [0.15, 0.2) is 12.4 Å². The second kappa shape index (κ2) is 9.27. The fourth-order valence-electron chi connectivity index (χ4n) is 6.48. The monoisotopic (exact) mass is 513 g/mol. The lowest BCUT2D eigenvalue weighted by molar-refractivity contribution is -0.123. The Morgan fingerprint density at radius 2 is 1.46 bits per heavy atom. The maximum absolute atomic E-state index is 13.5. The Morgan fingerprint density at radius 1 is 0.811 bits per heavy atom. The SMILES string of the molecule is O=C(COC(=O)c1ccc(N2C(=O)[C@@H]3[C@@H]4C[C@@H]([C@@H]3C2=O)[C@@H](c2ccccc2)C4)cc1)c1ccc(Cl)cc1. The van der Waals surface area contributed by atoms with Crippen LogP contribution in [-0.2, 0) is 14.3 Å². The lowest BCUT2D eigenvalue weighted by atomic mass is 9.73. The summed E-state index contributed by atoms with van der Waals surface area (Å²) in [6, 6.07) is 22.8. The first kappa shape index (κ1) is 23.6. The number of amides is 2. The Morgan fingerprint density at radius 3 is 2.16 bits per heavy atom. The summed E-state index contributed by atoms with van der Waals surface area (Å²) in [7, 11) is 0. The molecule has 2 bridgehead atoms. The number of Topliss-reactive ketones (excluding diaryl/α,β-unsaturated/α-hetero) is 1. The molecule has 6 nitrogen and oxygen atoms in total. The zero-order valence-electron chi connectivity index (χ0n) is 19.9. The van der Waals surface area contributed by atoms with Crippen LogP contribution < -0.4 is 4.90 Å². The van der Waals surface area contributed by atoms with E-state index >= 15 is 0 Å². The number of benzene rings is 3. The van der Waals surface area contributed by atoms with Gasteiger partial charge in [-0.15, -0.1) is 0 Å². The molecule has 0 spiro atoms. The van der Waals surface area contributed by atoms with Gasteiger partial charge in [-0.2, -0.15) is 0 Å². The van der Waals surface area contributed by atoms with Crippen LogP contribution in [0.2, 0.25) is 5.02 Å². The van der Waals surface area contributed by atoms with Gasteiger partial charge in [0.05, 0.1) is 23.1 Å². The molecule has 2 aliphatic carbocycles. The molecule has 7 heteroatoms. The van der Waals surface area contributed by atoms with Crippen LogP contribution in [0.25, 0.3) is 0 Å². The molecule has 0 radical (unpaired) electrons. The highest BCUT2D eigenvalue weighted by Gasteiger charge is 2.64. The Labute approximate surface area is 219 Å². The molecule has 3 aromatic carbocycles. The number of hydrogen-bond acceptors (Lipinski definition) is 5. The highest BCUT2D eigenvalue weighted by Crippen LogP contribution is 2.61. The summed E-state index contributed by atoms with van der Waals surface area (Å²) in [6.45, 7) is -0.403. The molecule has 5 atom stereocenters. The van der Waals surface area contributed by atoms with Crippen LogP contribution in [-0.4, -0.2) is 30.2 Å². The van der Waals surface area contributed by atoms with Gasteiger partial charge < -0.3 is 4.74 Å². The molecule has 2 saturated carbocycles. The highest BCUT2D eigenvalue weighted by atomic mass is 35.5. The van der Waals surface area contributed by atoms with Crippen molar-refractivity contribution in [1.82, 2.24) is 0 Å². The lowest BCUT2D eigenvalue weighted by Gasteiger charge is -2.28. The maximum Gasteiger partial charge on any atom is 0.338 e. The molecule has 1 aliphatic heterocycles. The molecular weight excluding hydrogens is 490 g/mol. The van der Waals surface area contributed by atoms with Crippen LogP contribution in [0.3, 0.4) is 0 Å². The number of hydrogen-bond donors (Lipinski definition) is 0. The van der Waals surface area contributed by atoms with Crippen molar-refractivity contribution < 1.29 is 23.9 Å². The summed E-state index contributed by atoms with van der Waals surface area (Å²) in [5, 5.41) is 0.510. The predicted molar refractivity (Wildman–Crippen MR) is 137 cm³/mol. The van der Waals surface area contributed by atoms with E-state index in [2.05, 4.69) is 12.1 Å². The van der Waals surface area contributed by atoms with Crippen molar-refractivity contribution in [2.24, 2.45) is 23.7 Å². The average molecular weight is 514 g/mol. The minimum Gasteiger partial charge on any atom is -0.454 e. The molecule has 0 aromatic heterocycles. The minimum atomic E-state index is -0.659. The smallest absolute Gasteiger partial charge is 0.338 e. The molecule has 3 aliphatic rings. The van der Waals surface area contributed by atoms with Gasteiger partial charge >= 0.3 is 5.97 Å². The number of imide groups is 1. The van der Waals surface area contributed by atoms with Crippen LogP contribution in [0.15, 0.2) is 78.9 Å². The first-order valence-corrected chi connectivity index (χ1v) is 12.8. The third-order valence-electron chi connectivity index (χ3n) is 8.11. The van der Waals surface area contributed by atoms with Gasteiger partial charge in [-0.3, -0.25) is 19.3 Å². The van der Waals surface area contributed by atoms with E-state index < -0.39 is 12.6 Å². The van der Waals surface area contributed by atoms with Crippen molar-refractivity contribution in [2.75, 3.05) is 11.5 Å². The van der Waals surface area contributed by atoms with E-state index in [0.717, 1.165) is 12.8 Å². The largest absolute Gasteiger partial charge is 0.454 e. The van der Waals surface area contributed by atoms with E-state index in [9.17, 15) is 19.2 Å². The number of carbonyl (C=O) groups is 4. The zero-order chi connectivity index (χ0) is 25.7. The summed E-state index contributed by atoms with van der Waals surface area (Å²) in [6.07, 6.45) is 1.85. The van der Waals surface area contributed by atoms with Gasteiger partial charge in [0.2, 0.25) is 11.8 Å². The molecule has 186 valence electrons. The number of carbonyl (C=O) groups excluding carboxylic acids is 4. The summed E-state index contributed by atoms with van der Waals surface area (Å²) < 4.78 is 5.16. The third kappa shape index (κ3) is 4.05. The molecule has 2 amide bonds.